The first kappa shape index (κ1) is 19.9. The lowest BCUT2D eigenvalue weighted by Crippen LogP contribution is -2.22. The van der Waals surface area contributed by atoms with E-state index in [-0.39, 0.29) is 24.0 Å². The molecule has 0 atom stereocenters. The minimum absolute atomic E-state index is 0.0729. The molecule has 8 heteroatoms. The lowest BCUT2D eigenvalue weighted by atomic mass is 10.1. The van der Waals surface area contributed by atoms with E-state index >= 15 is 0 Å². The summed E-state index contributed by atoms with van der Waals surface area (Å²) >= 11 is 2.91. The minimum Gasteiger partial charge on any atom is -0.453 e. The highest BCUT2D eigenvalue weighted by Crippen LogP contribution is 2.27. The zero-order valence-electron chi connectivity index (χ0n) is 15.1. The molecular weight excluding hydrogens is 396 g/mol. The first-order valence-electron chi connectivity index (χ1n) is 8.56. The Morgan fingerprint density at radius 3 is 2.57 bits per heavy atom. The lowest BCUT2D eigenvalue weighted by molar-refractivity contribution is -0.118. The number of carbonyl (C=O) groups excluding carboxylic acids is 3. The third kappa shape index (κ3) is 5.34. The summed E-state index contributed by atoms with van der Waals surface area (Å²) in [4.78, 5) is 40.5. The zero-order chi connectivity index (χ0) is 19.9. The molecule has 2 heterocycles. The zero-order valence-corrected chi connectivity index (χ0v) is 16.8. The van der Waals surface area contributed by atoms with Crippen molar-refractivity contribution >= 4 is 40.3 Å². The van der Waals surface area contributed by atoms with E-state index in [2.05, 4.69) is 10.3 Å². The van der Waals surface area contributed by atoms with Crippen molar-refractivity contribution in [2.24, 2.45) is 0 Å². The number of carbonyl (C=O) groups is 3. The maximum absolute atomic E-state index is 12.2. The molecule has 3 aromatic rings. The molecule has 0 saturated heterocycles. The first-order chi connectivity index (χ1) is 13.5. The van der Waals surface area contributed by atoms with Gasteiger partial charge in [-0.05, 0) is 23.4 Å². The second-order valence-corrected chi connectivity index (χ2v) is 7.75. The van der Waals surface area contributed by atoms with Crippen molar-refractivity contribution < 1.29 is 19.1 Å². The molecule has 0 aliphatic heterocycles. The monoisotopic (exact) mass is 414 g/mol. The Balaban J connectivity index is 1.51. The van der Waals surface area contributed by atoms with E-state index in [0.29, 0.717) is 18.5 Å². The van der Waals surface area contributed by atoms with Crippen LogP contribution >= 0.6 is 22.7 Å². The van der Waals surface area contributed by atoms with E-state index in [1.165, 1.54) is 18.3 Å². The molecule has 2 aromatic heterocycles. The van der Waals surface area contributed by atoms with Gasteiger partial charge in [0.1, 0.15) is 5.01 Å². The van der Waals surface area contributed by atoms with Crippen molar-refractivity contribution in [3.8, 4) is 9.88 Å². The number of benzene rings is 1. The van der Waals surface area contributed by atoms with Gasteiger partial charge in [-0.15, -0.1) is 22.7 Å². The molecule has 3 rings (SSSR count). The number of rotatable bonds is 8. The molecule has 1 N–H and O–H groups in total. The number of esters is 1. The van der Waals surface area contributed by atoms with Crippen LogP contribution in [0.2, 0.25) is 0 Å². The summed E-state index contributed by atoms with van der Waals surface area (Å²) in [6, 6.07) is 10.9. The smallest absolute Gasteiger partial charge is 0.358 e. The van der Waals surface area contributed by atoms with Gasteiger partial charge in [0.2, 0.25) is 5.91 Å². The van der Waals surface area contributed by atoms with E-state index in [1.54, 1.807) is 28.8 Å². The van der Waals surface area contributed by atoms with E-state index in [1.807, 2.05) is 29.6 Å². The van der Waals surface area contributed by atoms with Crippen molar-refractivity contribution in [2.45, 2.75) is 13.3 Å². The average molecular weight is 415 g/mol. The molecule has 0 saturated carbocycles. The standard InChI is InChI=1S/C20H18N2O4S2/c1-13(23)21-9-8-14-4-6-15(7-5-14)17(24)11-26-20(25)16-12-28-19(22-16)18-3-2-10-27-18/h2-7,10,12H,8-9,11H2,1H3,(H,21,23). The summed E-state index contributed by atoms with van der Waals surface area (Å²) in [7, 11) is 0. The van der Waals surface area contributed by atoms with Crippen LogP contribution in [0.5, 0.6) is 0 Å². The summed E-state index contributed by atoms with van der Waals surface area (Å²) in [5.74, 6) is -0.967. The van der Waals surface area contributed by atoms with Crippen LogP contribution in [0.4, 0.5) is 0 Å². The number of nitrogens with one attached hydrogen (secondary N) is 1. The van der Waals surface area contributed by atoms with Gasteiger partial charge in [0.15, 0.2) is 18.1 Å². The van der Waals surface area contributed by atoms with Gasteiger partial charge in [-0.25, -0.2) is 9.78 Å². The maximum atomic E-state index is 12.2. The Morgan fingerprint density at radius 1 is 1.11 bits per heavy atom. The van der Waals surface area contributed by atoms with Crippen LogP contribution in [0, 0.1) is 0 Å². The van der Waals surface area contributed by atoms with Gasteiger partial charge in [0.25, 0.3) is 0 Å². The van der Waals surface area contributed by atoms with E-state index < -0.39 is 5.97 Å². The molecule has 1 aromatic carbocycles. The number of aromatic nitrogens is 1. The number of hydrogen-bond donors (Lipinski definition) is 1. The van der Waals surface area contributed by atoms with Gasteiger partial charge >= 0.3 is 5.97 Å². The number of ketones is 1. The highest BCUT2D eigenvalue weighted by Gasteiger charge is 2.16. The van der Waals surface area contributed by atoms with E-state index in [4.69, 9.17) is 4.74 Å². The number of amides is 1. The van der Waals surface area contributed by atoms with Gasteiger partial charge in [0, 0.05) is 24.4 Å². The largest absolute Gasteiger partial charge is 0.453 e. The van der Waals surface area contributed by atoms with Gasteiger partial charge in [-0.2, -0.15) is 0 Å². The quantitative estimate of drug-likeness (QED) is 0.450. The Labute approximate surface area is 170 Å². The predicted molar refractivity (Wildman–Crippen MR) is 109 cm³/mol. The van der Waals surface area contributed by atoms with E-state index in [9.17, 15) is 14.4 Å². The predicted octanol–water partition coefficient (Wildman–Crippen LogP) is 3.59. The molecule has 0 aliphatic rings. The summed E-state index contributed by atoms with van der Waals surface area (Å²) in [6.45, 7) is 1.68. The summed E-state index contributed by atoms with van der Waals surface area (Å²) in [6.07, 6.45) is 0.680. The number of hydrogen-bond acceptors (Lipinski definition) is 7. The molecule has 0 radical (unpaired) electrons. The fourth-order valence-corrected chi connectivity index (χ4v) is 4.01. The number of ether oxygens (including phenoxy) is 1. The number of Topliss-reactive ketones (excluding diaryl/α,β-unsaturated/α-hetero) is 1. The molecule has 6 nitrogen and oxygen atoms in total. The van der Waals surface area contributed by atoms with Gasteiger partial charge in [-0.3, -0.25) is 9.59 Å². The van der Waals surface area contributed by atoms with Crippen LogP contribution in [0.25, 0.3) is 9.88 Å². The second-order valence-electron chi connectivity index (χ2n) is 5.94. The average Bonchev–Trinajstić information content (AvgIpc) is 3.37. The molecule has 1 amide bonds. The molecule has 0 aliphatic carbocycles. The van der Waals surface area contributed by atoms with E-state index in [0.717, 1.165) is 15.4 Å². The SMILES string of the molecule is CC(=O)NCCc1ccc(C(=O)COC(=O)c2csc(-c3cccs3)n2)cc1. The summed E-state index contributed by atoms with van der Waals surface area (Å²) < 4.78 is 5.11. The number of thiazole rings is 1. The topological polar surface area (TPSA) is 85.4 Å². The Morgan fingerprint density at radius 2 is 1.89 bits per heavy atom. The minimum atomic E-state index is -0.612. The van der Waals surface area contributed by atoms with Crippen LogP contribution in [0.1, 0.15) is 33.3 Å². The molecule has 0 spiro atoms. The molecule has 0 bridgehead atoms. The summed E-state index contributed by atoms with van der Waals surface area (Å²) in [5, 5.41) is 7.05. The molecule has 0 unspecified atom stereocenters. The van der Waals surface area contributed by atoms with Crippen molar-refractivity contribution in [1.82, 2.24) is 10.3 Å². The molecule has 28 heavy (non-hydrogen) atoms. The Kier molecular flexibility index (Phi) is 6.67. The fourth-order valence-electron chi connectivity index (χ4n) is 2.41. The number of nitrogens with zero attached hydrogens (tertiary/aromatic N) is 1. The van der Waals surface area contributed by atoms with Gasteiger partial charge in [0.05, 0.1) is 4.88 Å². The second kappa shape index (κ2) is 9.38. The third-order valence-corrected chi connectivity index (χ3v) is 5.72. The molecular formula is C20H18N2O4S2. The Hall–Kier alpha value is -2.84. The van der Waals surface area contributed by atoms with Crippen LogP contribution < -0.4 is 5.32 Å². The fraction of sp³-hybridized carbons (Fsp3) is 0.200. The molecule has 144 valence electrons. The lowest BCUT2D eigenvalue weighted by Gasteiger charge is -2.05. The molecule has 0 fully saturated rings. The van der Waals surface area contributed by atoms with Crippen molar-refractivity contribution in [1.29, 1.82) is 0 Å². The van der Waals surface area contributed by atoms with Gasteiger partial charge < -0.3 is 10.1 Å². The van der Waals surface area contributed by atoms with Crippen LogP contribution in [-0.2, 0) is 16.0 Å². The highest BCUT2D eigenvalue weighted by atomic mass is 32.1. The summed E-state index contributed by atoms with van der Waals surface area (Å²) in [5.41, 5.74) is 1.68. The van der Waals surface area contributed by atoms with Crippen molar-refractivity contribution in [3.05, 3.63) is 64.0 Å². The first-order valence-corrected chi connectivity index (χ1v) is 10.3. The number of thiophene rings is 1. The third-order valence-electron chi connectivity index (χ3n) is 3.84. The van der Waals surface area contributed by atoms with Crippen molar-refractivity contribution in [3.63, 3.8) is 0 Å². The Bertz CT molecular complexity index is 963. The van der Waals surface area contributed by atoms with Crippen LogP contribution in [-0.4, -0.2) is 35.8 Å². The van der Waals surface area contributed by atoms with Crippen molar-refractivity contribution in [2.75, 3.05) is 13.2 Å². The van der Waals surface area contributed by atoms with Gasteiger partial charge in [-0.1, -0.05) is 30.3 Å². The maximum Gasteiger partial charge on any atom is 0.358 e. The van der Waals surface area contributed by atoms with Crippen LogP contribution in [0.15, 0.2) is 47.2 Å². The van der Waals surface area contributed by atoms with Crippen LogP contribution in [0.3, 0.4) is 0 Å². The normalized spacial score (nSPS) is 10.5. The highest BCUT2D eigenvalue weighted by molar-refractivity contribution is 7.20.